The molecule has 0 spiro atoms. The molecule has 1 saturated carbocycles. The Bertz CT molecular complexity index is 202. The molecule has 0 aromatic carbocycles. The van der Waals surface area contributed by atoms with E-state index in [2.05, 4.69) is 27.7 Å². The van der Waals surface area contributed by atoms with Gasteiger partial charge in [0.05, 0.1) is 0 Å². The molecule has 0 amide bonds. The third kappa shape index (κ3) is 15.3. The first-order chi connectivity index (χ1) is 11.3. The normalized spacial score (nSPS) is 16.7. The van der Waals surface area contributed by atoms with Crippen LogP contribution in [-0.4, -0.2) is 0 Å². The summed E-state index contributed by atoms with van der Waals surface area (Å²) in [6.07, 6.45) is 24.8. The summed E-state index contributed by atoms with van der Waals surface area (Å²) in [6, 6.07) is 0. The number of unbranched alkanes of at least 4 members (excludes halogenated alkanes) is 5. The molecular weight excluding hydrogens is 276 g/mol. The second-order valence-corrected chi connectivity index (χ2v) is 7.91. The molecule has 23 heavy (non-hydrogen) atoms. The van der Waals surface area contributed by atoms with Crippen LogP contribution in [-0.2, 0) is 0 Å². The van der Waals surface area contributed by atoms with Crippen molar-refractivity contribution in [2.75, 3.05) is 0 Å². The highest BCUT2D eigenvalue weighted by Crippen LogP contribution is 2.27. The molecule has 1 aliphatic rings. The Hall–Kier alpha value is 0. The zero-order valence-electron chi connectivity index (χ0n) is 17.2. The predicted octanol–water partition coefficient (Wildman–Crippen LogP) is 8.93. The average molecular weight is 325 g/mol. The van der Waals surface area contributed by atoms with Crippen molar-refractivity contribution >= 4 is 0 Å². The second kappa shape index (κ2) is 18.3. The Labute approximate surface area is 149 Å². The van der Waals surface area contributed by atoms with E-state index in [4.69, 9.17) is 0 Å². The van der Waals surface area contributed by atoms with E-state index in [1.165, 1.54) is 109 Å². The first-order valence-electron chi connectivity index (χ1n) is 11.3. The van der Waals surface area contributed by atoms with Gasteiger partial charge in [0.2, 0.25) is 0 Å². The number of hydrogen-bond acceptors (Lipinski definition) is 0. The standard InChI is InChI=1S/C13H28.C10H20/c1-4-7-8-9-10-12-13(6-3)11-5-2;1-2-3-7-10-8-5-4-6-9-10/h13H,4-12H2,1-3H3;10H,2-9H2,1H3. The molecule has 0 aliphatic heterocycles. The van der Waals surface area contributed by atoms with Crippen molar-refractivity contribution in [3.63, 3.8) is 0 Å². The van der Waals surface area contributed by atoms with Crippen LogP contribution >= 0.6 is 0 Å². The van der Waals surface area contributed by atoms with E-state index < -0.39 is 0 Å². The fourth-order valence-electron chi connectivity index (χ4n) is 3.97. The summed E-state index contributed by atoms with van der Waals surface area (Å²) >= 11 is 0. The SMILES string of the molecule is CCCCC1CCCCC1.CCCCCCCC(CC)CCC. The monoisotopic (exact) mass is 324 g/mol. The molecule has 0 heteroatoms. The zero-order valence-corrected chi connectivity index (χ0v) is 17.2. The number of rotatable bonds is 12. The summed E-state index contributed by atoms with van der Waals surface area (Å²) in [5.41, 5.74) is 0. The first kappa shape index (κ1) is 23.0. The van der Waals surface area contributed by atoms with E-state index in [1.807, 2.05) is 0 Å². The van der Waals surface area contributed by atoms with Gasteiger partial charge in [0.15, 0.2) is 0 Å². The fraction of sp³-hybridized carbons (Fsp3) is 1.00. The maximum atomic E-state index is 2.34. The fourth-order valence-corrected chi connectivity index (χ4v) is 3.97. The minimum absolute atomic E-state index is 1.02. The molecule has 0 saturated heterocycles. The van der Waals surface area contributed by atoms with Gasteiger partial charge in [-0.3, -0.25) is 0 Å². The van der Waals surface area contributed by atoms with E-state index in [0.717, 1.165) is 11.8 Å². The molecule has 0 heterocycles. The highest BCUT2D eigenvalue weighted by Gasteiger charge is 2.11. The summed E-state index contributed by atoms with van der Waals surface area (Å²) in [6.45, 7) is 9.22. The molecule has 140 valence electrons. The van der Waals surface area contributed by atoms with Gasteiger partial charge in [-0.25, -0.2) is 0 Å². The van der Waals surface area contributed by atoms with Crippen LogP contribution in [0.3, 0.4) is 0 Å². The lowest BCUT2D eigenvalue weighted by Gasteiger charge is -2.20. The molecule has 0 radical (unpaired) electrons. The topological polar surface area (TPSA) is 0 Å². The van der Waals surface area contributed by atoms with Crippen molar-refractivity contribution < 1.29 is 0 Å². The van der Waals surface area contributed by atoms with E-state index in [0.29, 0.717) is 0 Å². The smallest absolute Gasteiger partial charge is 0.0414 e. The van der Waals surface area contributed by atoms with E-state index >= 15 is 0 Å². The Morgan fingerprint density at radius 2 is 1.30 bits per heavy atom. The van der Waals surface area contributed by atoms with Crippen molar-refractivity contribution in [1.29, 1.82) is 0 Å². The second-order valence-electron chi connectivity index (χ2n) is 7.91. The Morgan fingerprint density at radius 1 is 0.652 bits per heavy atom. The molecule has 1 unspecified atom stereocenters. The predicted molar refractivity (Wildman–Crippen MR) is 108 cm³/mol. The summed E-state index contributed by atoms with van der Waals surface area (Å²) in [5.74, 6) is 2.13. The minimum atomic E-state index is 1.02. The lowest BCUT2D eigenvalue weighted by molar-refractivity contribution is 0.331. The van der Waals surface area contributed by atoms with Crippen LogP contribution in [0.1, 0.15) is 137 Å². The molecule has 0 aromatic heterocycles. The molecular formula is C23H48. The third-order valence-corrected chi connectivity index (χ3v) is 5.68. The maximum absolute atomic E-state index is 2.34. The van der Waals surface area contributed by atoms with Gasteiger partial charge in [0, 0.05) is 0 Å². The van der Waals surface area contributed by atoms with Crippen LogP contribution in [0.4, 0.5) is 0 Å². The quantitative estimate of drug-likeness (QED) is 0.314. The van der Waals surface area contributed by atoms with Crippen LogP contribution in [0.15, 0.2) is 0 Å². The summed E-state index contributed by atoms with van der Waals surface area (Å²) < 4.78 is 0. The third-order valence-electron chi connectivity index (χ3n) is 5.68. The molecule has 0 N–H and O–H groups in total. The van der Waals surface area contributed by atoms with Gasteiger partial charge in [-0.2, -0.15) is 0 Å². The molecule has 1 atom stereocenters. The van der Waals surface area contributed by atoms with Crippen molar-refractivity contribution in [2.45, 2.75) is 137 Å². The molecule has 1 aliphatic carbocycles. The van der Waals surface area contributed by atoms with Gasteiger partial charge < -0.3 is 0 Å². The van der Waals surface area contributed by atoms with Crippen LogP contribution in [0.5, 0.6) is 0 Å². The number of hydrogen-bond donors (Lipinski definition) is 0. The van der Waals surface area contributed by atoms with Crippen molar-refractivity contribution in [2.24, 2.45) is 11.8 Å². The van der Waals surface area contributed by atoms with Crippen molar-refractivity contribution in [1.82, 2.24) is 0 Å². The summed E-state index contributed by atoms with van der Waals surface area (Å²) in [5, 5.41) is 0. The first-order valence-corrected chi connectivity index (χ1v) is 11.3. The summed E-state index contributed by atoms with van der Waals surface area (Å²) in [4.78, 5) is 0. The van der Waals surface area contributed by atoms with Crippen molar-refractivity contribution in [3.8, 4) is 0 Å². The molecule has 0 aromatic rings. The maximum Gasteiger partial charge on any atom is -0.0414 e. The molecule has 0 nitrogen and oxygen atoms in total. The lowest BCUT2D eigenvalue weighted by atomic mass is 9.86. The van der Waals surface area contributed by atoms with Crippen LogP contribution < -0.4 is 0 Å². The van der Waals surface area contributed by atoms with Gasteiger partial charge in [-0.15, -0.1) is 0 Å². The molecule has 1 fully saturated rings. The molecule has 1 rings (SSSR count). The Balaban J connectivity index is 0.000000433. The largest absolute Gasteiger partial charge is 0.0654 e. The van der Waals surface area contributed by atoms with Gasteiger partial charge in [-0.05, 0) is 11.8 Å². The van der Waals surface area contributed by atoms with Gasteiger partial charge >= 0.3 is 0 Å². The zero-order chi connectivity index (χ0) is 17.2. The Morgan fingerprint density at radius 3 is 1.87 bits per heavy atom. The molecule has 0 bridgehead atoms. The highest BCUT2D eigenvalue weighted by atomic mass is 14.2. The van der Waals surface area contributed by atoms with E-state index in [9.17, 15) is 0 Å². The average Bonchev–Trinajstić information content (AvgIpc) is 2.60. The van der Waals surface area contributed by atoms with Crippen LogP contribution in [0.2, 0.25) is 0 Å². The van der Waals surface area contributed by atoms with E-state index in [-0.39, 0.29) is 0 Å². The lowest BCUT2D eigenvalue weighted by Crippen LogP contribution is -2.05. The van der Waals surface area contributed by atoms with Gasteiger partial charge in [0.25, 0.3) is 0 Å². The van der Waals surface area contributed by atoms with Crippen LogP contribution in [0.25, 0.3) is 0 Å². The highest BCUT2D eigenvalue weighted by molar-refractivity contribution is 4.65. The van der Waals surface area contributed by atoms with Crippen molar-refractivity contribution in [3.05, 3.63) is 0 Å². The Kier molecular flexibility index (Phi) is 18.3. The minimum Gasteiger partial charge on any atom is -0.0654 e. The van der Waals surface area contributed by atoms with Gasteiger partial charge in [0.1, 0.15) is 0 Å². The van der Waals surface area contributed by atoms with E-state index in [1.54, 1.807) is 0 Å². The summed E-state index contributed by atoms with van der Waals surface area (Å²) in [7, 11) is 0. The van der Waals surface area contributed by atoms with Gasteiger partial charge in [-0.1, -0.05) is 137 Å². The van der Waals surface area contributed by atoms with Crippen LogP contribution in [0, 0.1) is 11.8 Å².